The number of rotatable bonds is 7. The number of hydrogen-bond donors (Lipinski definition) is 1. The van der Waals surface area contributed by atoms with Crippen LogP contribution in [0.15, 0.2) is 63.3 Å². The molecule has 0 aliphatic carbocycles. The maximum atomic E-state index is 13.1. The molecule has 7 heteroatoms. The van der Waals surface area contributed by atoms with Crippen LogP contribution in [-0.2, 0) is 0 Å². The summed E-state index contributed by atoms with van der Waals surface area (Å²) in [7, 11) is 0. The molecule has 0 saturated carbocycles. The molecule has 0 aliphatic heterocycles. The minimum absolute atomic E-state index is 0.0937. The van der Waals surface area contributed by atoms with Crippen LogP contribution in [0, 0.1) is 0 Å². The lowest BCUT2D eigenvalue weighted by atomic mass is 10.0. The van der Waals surface area contributed by atoms with E-state index in [1.54, 1.807) is 23.1 Å². The highest BCUT2D eigenvalue weighted by Crippen LogP contribution is 2.33. The van der Waals surface area contributed by atoms with Gasteiger partial charge < -0.3 is 4.98 Å². The molecule has 2 heterocycles. The van der Waals surface area contributed by atoms with Crippen molar-refractivity contribution in [2.75, 3.05) is 11.5 Å². The Hall–Kier alpha value is -2.09. The average Bonchev–Trinajstić information content (AvgIpc) is 3.31. The Morgan fingerprint density at radius 2 is 1.70 bits per heavy atom. The van der Waals surface area contributed by atoms with Gasteiger partial charge in [-0.25, -0.2) is 0 Å². The third-order valence-corrected chi connectivity index (χ3v) is 7.10. The molecule has 0 bridgehead atoms. The number of thioether (sulfide) groups is 2. The molecule has 4 rings (SSSR count). The number of benzene rings is 2. The van der Waals surface area contributed by atoms with E-state index in [0.29, 0.717) is 5.75 Å². The molecule has 0 atom stereocenters. The van der Waals surface area contributed by atoms with E-state index >= 15 is 0 Å². The summed E-state index contributed by atoms with van der Waals surface area (Å²) >= 11 is 4.67. The number of fused-ring (bicyclic) bond motifs is 1. The van der Waals surface area contributed by atoms with E-state index in [4.69, 9.17) is 0 Å². The number of aromatic nitrogens is 3. The van der Waals surface area contributed by atoms with E-state index in [1.807, 2.05) is 54.6 Å². The van der Waals surface area contributed by atoms with Gasteiger partial charge in [0.2, 0.25) is 0 Å². The second-order valence-electron chi connectivity index (χ2n) is 5.77. The van der Waals surface area contributed by atoms with Gasteiger partial charge in [0.1, 0.15) is 0 Å². The molecule has 0 radical (unpaired) electrons. The molecule has 27 heavy (non-hydrogen) atoms. The van der Waals surface area contributed by atoms with Gasteiger partial charge in [-0.1, -0.05) is 90.3 Å². The number of ketones is 1. The fraction of sp³-hybridized carbons (Fsp3) is 0.150. The fourth-order valence-electron chi connectivity index (χ4n) is 2.89. The molecular formula is C20H17N3OS3. The zero-order valence-corrected chi connectivity index (χ0v) is 17.1. The second-order valence-corrected chi connectivity index (χ2v) is 9.48. The third kappa shape index (κ3) is 3.95. The summed E-state index contributed by atoms with van der Waals surface area (Å²) in [5.41, 5.74) is 3.61. The van der Waals surface area contributed by atoms with Gasteiger partial charge in [-0.15, -0.1) is 10.2 Å². The summed E-state index contributed by atoms with van der Waals surface area (Å²) in [6.45, 7) is 2.09. The first-order chi connectivity index (χ1) is 13.3. The van der Waals surface area contributed by atoms with Crippen LogP contribution in [-0.4, -0.2) is 32.5 Å². The van der Waals surface area contributed by atoms with Gasteiger partial charge >= 0.3 is 0 Å². The molecule has 0 saturated heterocycles. The summed E-state index contributed by atoms with van der Waals surface area (Å²) < 4.78 is 1.78. The van der Waals surface area contributed by atoms with Crippen molar-refractivity contribution < 1.29 is 4.79 Å². The highest BCUT2D eigenvalue weighted by atomic mass is 32.2. The van der Waals surface area contributed by atoms with Gasteiger partial charge in [-0.05, 0) is 17.4 Å². The Labute approximate surface area is 169 Å². The van der Waals surface area contributed by atoms with Crippen molar-refractivity contribution in [2.45, 2.75) is 15.6 Å². The number of Topliss-reactive ketones (excluding diaryl/α,β-unsaturated/α-hetero) is 1. The molecule has 0 amide bonds. The topological polar surface area (TPSA) is 58.6 Å². The quantitative estimate of drug-likeness (QED) is 0.309. The van der Waals surface area contributed by atoms with Crippen molar-refractivity contribution in [3.8, 4) is 11.3 Å². The predicted octanol–water partition coefficient (Wildman–Crippen LogP) is 5.77. The number of hydrogen-bond acceptors (Lipinski definition) is 6. The maximum absolute atomic E-state index is 13.1. The summed E-state index contributed by atoms with van der Waals surface area (Å²) in [6, 6.07) is 17.9. The second kappa shape index (κ2) is 8.29. The number of nitrogens with one attached hydrogen (secondary N) is 1. The summed E-state index contributed by atoms with van der Waals surface area (Å²) in [6.07, 6.45) is 0. The van der Waals surface area contributed by atoms with Gasteiger partial charge in [0.15, 0.2) is 14.5 Å². The Morgan fingerprint density at radius 1 is 1.00 bits per heavy atom. The molecule has 4 nitrogen and oxygen atoms in total. The lowest BCUT2D eigenvalue weighted by Crippen LogP contribution is -2.03. The fourth-order valence-corrected chi connectivity index (χ4v) is 5.68. The molecule has 2 aromatic heterocycles. The summed E-state index contributed by atoms with van der Waals surface area (Å²) in [4.78, 5) is 16.6. The van der Waals surface area contributed by atoms with Crippen molar-refractivity contribution in [1.29, 1.82) is 0 Å². The van der Waals surface area contributed by atoms with Gasteiger partial charge in [0.05, 0.1) is 17.0 Å². The Kier molecular flexibility index (Phi) is 5.61. The van der Waals surface area contributed by atoms with E-state index in [9.17, 15) is 4.79 Å². The van der Waals surface area contributed by atoms with Crippen LogP contribution in [0.3, 0.4) is 0 Å². The van der Waals surface area contributed by atoms with Crippen molar-refractivity contribution >= 4 is 51.5 Å². The zero-order chi connectivity index (χ0) is 18.6. The normalized spacial score (nSPS) is 11.1. The van der Waals surface area contributed by atoms with E-state index in [2.05, 4.69) is 22.1 Å². The third-order valence-electron chi connectivity index (χ3n) is 4.03. The Bertz CT molecular complexity index is 1070. The summed E-state index contributed by atoms with van der Waals surface area (Å²) in [5, 5.41) is 9.30. The highest BCUT2D eigenvalue weighted by Gasteiger charge is 2.20. The molecule has 2 aromatic carbocycles. The van der Waals surface area contributed by atoms with Crippen LogP contribution in [0.2, 0.25) is 0 Å². The van der Waals surface area contributed by atoms with Gasteiger partial charge in [0, 0.05) is 10.9 Å². The largest absolute Gasteiger partial charge is 0.354 e. The van der Waals surface area contributed by atoms with E-state index in [-0.39, 0.29) is 5.78 Å². The maximum Gasteiger partial charge on any atom is 0.175 e. The first-order valence-corrected chi connectivity index (χ1v) is 11.3. The van der Waals surface area contributed by atoms with Crippen LogP contribution >= 0.6 is 34.9 Å². The lowest BCUT2D eigenvalue weighted by molar-refractivity contribution is 0.102. The van der Waals surface area contributed by atoms with Gasteiger partial charge in [-0.2, -0.15) is 0 Å². The van der Waals surface area contributed by atoms with Crippen LogP contribution in [0.25, 0.3) is 22.2 Å². The lowest BCUT2D eigenvalue weighted by Gasteiger charge is -2.04. The van der Waals surface area contributed by atoms with E-state index in [1.165, 1.54) is 11.8 Å². The average molecular weight is 412 g/mol. The van der Waals surface area contributed by atoms with E-state index in [0.717, 1.165) is 42.2 Å². The van der Waals surface area contributed by atoms with Crippen LogP contribution in [0.5, 0.6) is 0 Å². The molecule has 0 spiro atoms. The number of para-hydroxylation sites is 1. The highest BCUT2D eigenvalue weighted by molar-refractivity contribution is 8.03. The minimum atomic E-state index is 0.0937. The SMILES string of the molecule is CCSc1nnc(SCC(=O)c2c(-c3ccccc3)[nH]c3ccccc23)s1. The molecule has 1 N–H and O–H groups in total. The smallest absolute Gasteiger partial charge is 0.175 e. The Balaban J connectivity index is 1.64. The molecule has 0 fully saturated rings. The van der Waals surface area contributed by atoms with Crippen molar-refractivity contribution in [3.63, 3.8) is 0 Å². The van der Waals surface area contributed by atoms with Crippen LogP contribution < -0.4 is 0 Å². The first-order valence-electron chi connectivity index (χ1n) is 8.54. The van der Waals surface area contributed by atoms with Crippen LogP contribution in [0.4, 0.5) is 0 Å². The van der Waals surface area contributed by atoms with Crippen molar-refractivity contribution in [2.24, 2.45) is 0 Å². The molecular weight excluding hydrogens is 394 g/mol. The van der Waals surface area contributed by atoms with E-state index < -0.39 is 0 Å². The van der Waals surface area contributed by atoms with Crippen LogP contribution in [0.1, 0.15) is 17.3 Å². The number of carbonyl (C=O) groups excluding carboxylic acids is 1. The predicted molar refractivity (Wildman–Crippen MR) is 115 cm³/mol. The van der Waals surface area contributed by atoms with Crippen molar-refractivity contribution in [1.82, 2.24) is 15.2 Å². The zero-order valence-electron chi connectivity index (χ0n) is 14.6. The number of aromatic amines is 1. The number of H-pyrrole nitrogens is 1. The molecule has 0 unspecified atom stereocenters. The minimum Gasteiger partial charge on any atom is -0.354 e. The number of nitrogens with zero attached hydrogens (tertiary/aromatic N) is 2. The standard InChI is InChI=1S/C20H17N3OS3/c1-2-25-19-22-23-20(27-19)26-12-16(24)17-14-10-6-7-11-15(14)21-18(17)13-8-4-3-5-9-13/h3-11,21H,2,12H2,1H3. The molecule has 136 valence electrons. The first kappa shape index (κ1) is 18.3. The molecule has 0 aliphatic rings. The van der Waals surface area contributed by atoms with Gasteiger partial charge in [0.25, 0.3) is 0 Å². The summed E-state index contributed by atoms with van der Waals surface area (Å²) in [5.74, 6) is 1.40. The van der Waals surface area contributed by atoms with Gasteiger partial charge in [-0.3, -0.25) is 4.79 Å². The monoisotopic (exact) mass is 411 g/mol. The molecule has 4 aromatic rings. The number of carbonyl (C=O) groups is 1. The van der Waals surface area contributed by atoms with Crippen molar-refractivity contribution in [3.05, 3.63) is 60.2 Å². The Morgan fingerprint density at radius 3 is 2.48 bits per heavy atom.